The van der Waals surface area contributed by atoms with Crippen LogP contribution in [0.2, 0.25) is 0 Å². The second-order valence-corrected chi connectivity index (χ2v) is 6.41. The lowest BCUT2D eigenvalue weighted by Crippen LogP contribution is -2.21. The molecule has 0 aliphatic carbocycles. The minimum absolute atomic E-state index is 0.0426. The molecular weight excluding hydrogens is 240 g/mol. The van der Waals surface area contributed by atoms with Crippen LogP contribution in [-0.2, 0) is 9.84 Å². The van der Waals surface area contributed by atoms with E-state index in [2.05, 4.69) is 20.6 Å². The molecule has 17 heavy (non-hydrogen) atoms. The summed E-state index contributed by atoms with van der Waals surface area (Å²) in [5.74, 6) is 2.49. The highest BCUT2D eigenvalue weighted by Gasteiger charge is 2.27. The summed E-state index contributed by atoms with van der Waals surface area (Å²) in [5, 5.41) is 6.08. The molecule has 1 saturated heterocycles. The summed E-state index contributed by atoms with van der Waals surface area (Å²) in [7, 11) is -1.08. The molecule has 0 bridgehead atoms. The molecule has 6 nitrogen and oxygen atoms in total. The lowest BCUT2D eigenvalue weighted by atomic mass is 10.2. The first-order valence-corrected chi connectivity index (χ1v) is 7.31. The topological polar surface area (TPSA) is 84.0 Å². The minimum Gasteiger partial charge on any atom is -0.373 e. The van der Waals surface area contributed by atoms with E-state index in [0.29, 0.717) is 18.1 Å². The Bertz CT molecular complexity index is 515. The van der Waals surface area contributed by atoms with Crippen molar-refractivity contribution in [3.8, 4) is 0 Å². The van der Waals surface area contributed by atoms with Crippen molar-refractivity contribution < 1.29 is 8.42 Å². The third kappa shape index (κ3) is 3.06. The highest BCUT2D eigenvalue weighted by atomic mass is 32.2. The van der Waals surface area contributed by atoms with Crippen LogP contribution in [0, 0.1) is 6.92 Å². The molecule has 2 rings (SSSR count). The van der Waals surface area contributed by atoms with Crippen LogP contribution in [0.25, 0.3) is 0 Å². The molecule has 0 saturated carbocycles. The number of hydrogen-bond acceptors (Lipinski definition) is 6. The second kappa shape index (κ2) is 4.48. The first kappa shape index (κ1) is 12.1. The van der Waals surface area contributed by atoms with Crippen molar-refractivity contribution in [1.29, 1.82) is 0 Å². The molecular formula is C10H16N4O2S. The Morgan fingerprint density at radius 1 is 1.35 bits per heavy atom. The number of hydrogen-bond donors (Lipinski definition) is 2. The van der Waals surface area contributed by atoms with Crippen molar-refractivity contribution >= 4 is 21.5 Å². The van der Waals surface area contributed by atoms with E-state index >= 15 is 0 Å². The summed E-state index contributed by atoms with van der Waals surface area (Å²) in [6.07, 6.45) is 0.639. The number of aryl methyl sites for hydroxylation is 1. The normalized spacial score (nSPS) is 22.4. The van der Waals surface area contributed by atoms with Gasteiger partial charge in [-0.15, -0.1) is 0 Å². The van der Waals surface area contributed by atoms with Crippen LogP contribution in [0.3, 0.4) is 0 Å². The highest BCUT2D eigenvalue weighted by Crippen LogP contribution is 2.17. The number of rotatable bonds is 3. The predicted octanol–water partition coefficient (Wildman–Crippen LogP) is 0.426. The Balaban J connectivity index is 2.11. The molecule has 1 atom stereocenters. The summed E-state index contributed by atoms with van der Waals surface area (Å²) in [6.45, 7) is 1.80. The van der Waals surface area contributed by atoms with E-state index in [4.69, 9.17) is 0 Å². The summed E-state index contributed by atoms with van der Waals surface area (Å²) < 4.78 is 22.7. The van der Waals surface area contributed by atoms with Gasteiger partial charge >= 0.3 is 0 Å². The Morgan fingerprint density at radius 2 is 2.06 bits per heavy atom. The van der Waals surface area contributed by atoms with Gasteiger partial charge in [0.2, 0.25) is 0 Å². The standard InChI is InChI=1S/C10H16N4O2S/c1-7-12-9(11-2)5-10(13-7)14-8-3-4-17(15,16)6-8/h5,8H,3-4,6H2,1-2H3,(H2,11,12,13,14). The number of nitrogens with zero attached hydrogens (tertiary/aromatic N) is 2. The van der Waals surface area contributed by atoms with Crippen LogP contribution < -0.4 is 10.6 Å². The van der Waals surface area contributed by atoms with E-state index in [9.17, 15) is 8.42 Å². The number of sulfone groups is 1. The summed E-state index contributed by atoms with van der Waals surface area (Å²) in [5.41, 5.74) is 0. The average molecular weight is 256 g/mol. The maximum atomic E-state index is 11.3. The van der Waals surface area contributed by atoms with Gasteiger partial charge in [0.25, 0.3) is 0 Å². The fraction of sp³-hybridized carbons (Fsp3) is 0.600. The summed E-state index contributed by atoms with van der Waals surface area (Å²) >= 11 is 0. The van der Waals surface area contributed by atoms with Gasteiger partial charge in [-0.3, -0.25) is 0 Å². The quantitative estimate of drug-likeness (QED) is 0.815. The molecule has 1 aliphatic heterocycles. The Kier molecular flexibility index (Phi) is 3.19. The van der Waals surface area contributed by atoms with E-state index in [1.165, 1.54) is 0 Å². The fourth-order valence-corrected chi connectivity index (χ4v) is 3.56. The Morgan fingerprint density at radius 3 is 2.65 bits per heavy atom. The van der Waals surface area contributed by atoms with Gasteiger partial charge in [0.1, 0.15) is 17.5 Å². The van der Waals surface area contributed by atoms with Gasteiger partial charge in [-0.25, -0.2) is 18.4 Å². The zero-order valence-corrected chi connectivity index (χ0v) is 10.7. The summed E-state index contributed by atoms with van der Waals surface area (Å²) in [6, 6.07) is 1.73. The molecule has 1 fully saturated rings. The average Bonchev–Trinajstić information content (AvgIpc) is 2.57. The first-order valence-electron chi connectivity index (χ1n) is 5.49. The van der Waals surface area contributed by atoms with Crippen LogP contribution in [0.4, 0.5) is 11.6 Å². The molecule has 0 spiro atoms. The predicted molar refractivity (Wildman–Crippen MR) is 67.0 cm³/mol. The largest absolute Gasteiger partial charge is 0.373 e. The van der Waals surface area contributed by atoms with Gasteiger partial charge < -0.3 is 10.6 Å². The highest BCUT2D eigenvalue weighted by molar-refractivity contribution is 7.91. The second-order valence-electron chi connectivity index (χ2n) is 4.18. The smallest absolute Gasteiger partial charge is 0.152 e. The van der Waals surface area contributed by atoms with Crippen molar-refractivity contribution in [2.24, 2.45) is 0 Å². The molecule has 0 aromatic carbocycles. The molecule has 2 N–H and O–H groups in total. The number of aromatic nitrogens is 2. The monoisotopic (exact) mass is 256 g/mol. The molecule has 7 heteroatoms. The zero-order chi connectivity index (χ0) is 12.5. The van der Waals surface area contributed by atoms with Crippen LogP contribution in [0.5, 0.6) is 0 Å². The molecule has 1 aliphatic rings. The molecule has 94 valence electrons. The van der Waals surface area contributed by atoms with Crippen molar-refractivity contribution in [2.45, 2.75) is 19.4 Å². The maximum Gasteiger partial charge on any atom is 0.152 e. The van der Waals surface area contributed by atoms with Crippen molar-refractivity contribution in [1.82, 2.24) is 9.97 Å². The van der Waals surface area contributed by atoms with E-state index < -0.39 is 9.84 Å². The van der Waals surface area contributed by atoms with Gasteiger partial charge in [0.05, 0.1) is 11.5 Å². The van der Waals surface area contributed by atoms with Gasteiger partial charge in [-0.1, -0.05) is 0 Å². The van der Waals surface area contributed by atoms with Crippen molar-refractivity contribution in [3.05, 3.63) is 11.9 Å². The van der Waals surface area contributed by atoms with Crippen molar-refractivity contribution in [2.75, 3.05) is 29.2 Å². The zero-order valence-electron chi connectivity index (χ0n) is 9.90. The Labute approximate surface area is 101 Å². The van der Waals surface area contributed by atoms with Crippen LogP contribution >= 0.6 is 0 Å². The molecule has 1 aromatic rings. The fourth-order valence-electron chi connectivity index (χ4n) is 1.89. The summed E-state index contributed by atoms with van der Waals surface area (Å²) in [4.78, 5) is 8.41. The molecule has 1 aromatic heterocycles. The first-order chi connectivity index (χ1) is 7.98. The number of anilines is 2. The Hall–Kier alpha value is -1.37. The van der Waals surface area contributed by atoms with Gasteiger partial charge in [0, 0.05) is 19.2 Å². The van der Waals surface area contributed by atoms with Gasteiger partial charge in [-0.2, -0.15) is 0 Å². The minimum atomic E-state index is -2.86. The molecule has 2 heterocycles. The van der Waals surface area contributed by atoms with E-state index in [1.807, 2.05) is 0 Å². The molecule has 0 amide bonds. The van der Waals surface area contributed by atoms with Gasteiger partial charge in [0.15, 0.2) is 9.84 Å². The third-order valence-electron chi connectivity index (χ3n) is 2.68. The SMILES string of the molecule is CNc1cc(NC2CCS(=O)(=O)C2)nc(C)n1. The lowest BCUT2D eigenvalue weighted by molar-refractivity contribution is 0.602. The number of nitrogens with one attached hydrogen (secondary N) is 2. The van der Waals surface area contributed by atoms with E-state index in [1.54, 1.807) is 20.0 Å². The van der Waals surface area contributed by atoms with Crippen LogP contribution in [-0.4, -0.2) is 43.0 Å². The van der Waals surface area contributed by atoms with Gasteiger partial charge in [-0.05, 0) is 13.3 Å². The van der Waals surface area contributed by atoms with Crippen molar-refractivity contribution in [3.63, 3.8) is 0 Å². The van der Waals surface area contributed by atoms with Crippen LogP contribution in [0.1, 0.15) is 12.2 Å². The molecule has 1 unspecified atom stereocenters. The van der Waals surface area contributed by atoms with E-state index in [-0.39, 0.29) is 17.5 Å². The molecule has 0 radical (unpaired) electrons. The lowest BCUT2D eigenvalue weighted by Gasteiger charge is -2.12. The van der Waals surface area contributed by atoms with Crippen LogP contribution in [0.15, 0.2) is 6.07 Å². The third-order valence-corrected chi connectivity index (χ3v) is 4.45. The van der Waals surface area contributed by atoms with E-state index in [0.717, 1.165) is 5.82 Å². The maximum absolute atomic E-state index is 11.3.